The minimum absolute atomic E-state index is 0.123. The van der Waals surface area contributed by atoms with Gasteiger partial charge in [-0.25, -0.2) is 0 Å². The molecule has 0 aromatic carbocycles. The van der Waals surface area contributed by atoms with Gasteiger partial charge in [-0.15, -0.1) is 0 Å². The molecule has 4 nitrogen and oxygen atoms in total. The molecule has 1 N–H and O–H groups in total. The molecule has 0 aromatic rings. The molecule has 0 aliphatic carbocycles. The van der Waals surface area contributed by atoms with Crippen molar-refractivity contribution in [2.75, 3.05) is 19.8 Å². The molecule has 0 rings (SSSR count). The van der Waals surface area contributed by atoms with E-state index in [0.717, 1.165) is 0 Å². The minimum atomic E-state index is -3.05. The number of hydrogen-bond acceptors (Lipinski definition) is 4. The van der Waals surface area contributed by atoms with E-state index in [1.165, 1.54) is 5.82 Å². The standard InChI is InChI=1S/C10H21O4P/c1-4-13-15(12,14-5-2)8-6-7-10(3)9-11/h6,8,10-11H,4-5,7,9H2,1-3H3/b8-6+. The van der Waals surface area contributed by atoms with E-state index in [0.29, 0.717) is 19.6 Å². The minimum Gasteiger partial charge on any atom is -0.396 e. The van der Waals surface area contributed by atoms with Crippen molar-refractivity contribution < 1.29 is 18.7 Å². The SMILES string of the molecule is CCOP(=O)(/C=C/CC(C)CO)OCC. The predicted octanol–water partition coefficient (Wildman–Crippen LogP) is 2.78. The van der Waals surface area contributed by atoms with E-state index in [1.54, 1.807) is 19.9 Å². The zero-order chi connectivity index (χ0) is 11.7. The van der Waals surface area contributed by atoms with Crippen molar-refractivity contribution in [3.8, 4) is 0 Å². The number of aliphatic hydroxyl groups is 1. The van der Waals surface area contributed by atoms with Gasteiger partial charge < -0.3 is 14.2 Å². The Morgan fingerprint density at radius 1 is 1.33 bits per heavy atom. The number of hydrogen-bond donors (Lipinski definition) is 1. The molecule has 0 aliphatic heterocycles. The molecule has 0 fully saturated rings. The van der Waals surface area contributed by atoms with Crippen molar-refractivity contribution in [2.24, 2.45) is 5.92 Å². The molecule has 0 heterocycles. The van der Waals surface area contributed by atoms with Crippen LogP contribution in [0.4, 0.5) is 0 Å². The topological polar surface area (TPSA) is 55.8 Å². The summed E-state index contributed by atoms with van der Waals surface area (Å²) >= 11 is 0. The summed E-state index contributed by atoms with van der Waals surface area (Å²) < 4.78 is 22.0. The van der Waals surface area contributed by atoms with Gasteiger partial charge in [-0.2, -0.15) is 0 Å². The first-order valence-corrected chi connectivity index (χ1v) is 6.86. The van der Waals surface area contributed by atoms with Gasteiger partial charge in [0.05, 0.1) is 13.2 Å². The van der Waals surface area contributed by atoms with Crippen LogP contribution in [0, 0.1) is 5.92 Å². The van der Waals surface area contributed by atoms with Gasteiger partial charge in [0.2, 0.25) is 0 Å². The second-order valence-electron chi connectivity index (χ2n) is 3.28. The quantitative estimate of drug-likeness (QED) is 0.658. The van der Waals surface area contributed by atoms with Gasteiger partial charge in [0, 0.05) is 12.4 Å². The van der Waals surface area contributed by atoms with Crippen LogP contribution < -0.4 is 0 Å². The van der Waals surface area contributed by atoms with Crippen LogP contribution in [0.3, 0.4) is 0 Å². The van der Waals surface area contributed by atoms with Crippen LogP contribution in [0.25, 0.3) is 0 Å². The van der Waals surface area contributed by atoms with Gasteiger partial charge >= 0.3 is 7.60 Å². The highest BCUT2D eigenvalue weighted by molar-refractivity contribution is 7.57. The van der Waals surface area contributed by atoms with Crippen molar-refractivity contribution in [3.63, 3.8) is 0 Å². The Kier molecular flexibility index (Phi) is 7.97. The van der Waals surface area contributed by atoms with Gasteiger partial charge in [0.15, 0.2) is 0 Å². The second kappa shape index (κ2) is 8.05. The van der Waals surface area contributed by atoms with Crippen LogP contribution in [0.1, 0.15) is 27.2 Å². The van der Waals surface area contributed by atoms with Crippen molar-refractivity contribution in [2.45, 2.75) is 27.2 Å². The molecule has 0 saturated carbocycles. The molecule has 1 atom stereocenters. The van der Waals surface area contributed by atoms with Crippen molar-refractivity contribution in [3.05, 3.63) is 11.9 Å². The van der Waals surface area contributed by atoms with Crippen molar-refractivity contribution >= 4 is 7.60 Å². The maximum atomic E-state index is 11.9. The first-order chi connectivity index (χ1) is 7.08. The third-order valence-electron chi connectivity index (χ3n) is 1.76. The lowest BCUT2D eigenvalue weighted by Crippen LogP contribution is -1.98. The fourth-order valence-electron chi connectivity index (χ4n) is 0.980. The average Bonchev–Trinajstić information content (AvgIpc) is 2.18. The third kappa shape index (κ3) is 6.85. The maximum Gasteiger partial charge on any atom is 0.353 e. The first kappa shape index (κ1) is 14.8. The lowest BCUT2D eigenvalue weighted by molar-refractivity contribution is 0.228. The third-order valence-corrected chi connectivity index (χ3v) is 3.57. The van der Waals surface area contributed by atoms with Crippen LogP contribution in [0.15, 0.2) is 11.9 Å². The Bertz CT molecular complexity index is 217. The number of aliphatic hydroxyl groups excluding tert-OH is 1. The van der Waals surface area contributed by atoms with Crippen LogP contribution in [0.2, 0.25) is 0 Å². The molecule has 90 valence electrons. The van der Waals surface area contributed by atoms with Crippen LogP contribution >= 0.6 is 7.60 Å². The van der Waals surface area contributed by atoms with E-state index < -0.39 is 7.60 Å². The maximum absolute atomic E-state index is 11.9. The molecule has 0 spiro atoms. The summed E-state index contributed by atoms with van der Waals surface area (Å²) in [5, 5.41) is 8.81. The zero-order valence-corrected chi connectivity index (χ0v) is 10.6. The van der Waals surface area contributed by atoms with Crippen LogP contribution in [-0.4, -0.2) is 24.9 Å². The molecular formula is C10H21O4P. The fraction of sp³-hybridized carbons (Fsp3) is 0.800. The lowest BCUT2D eigenvalue weighted by Gasteiger charge is -2.12. The summed E-state index contributed by atoms with van der Waals surface area (Å²) in [6.07, 6.45) is 2.41. The summed E-state index contributed by atoms with van der Waals surface area (Å²) in [6, 6.07) is 0. The lowest BCUT2D eigenvalue weighted by atomic mass is 10.1. The summed E-state index contributed by atoms with van der Waals surface area (Å²) in [4.78, 5) is 0. The zero-order valence-electron chi connectivity index (χ0n) is 9.68. The predicted molar refractivity (Wildman–Crippen MR) is 60.9 cm³/mol. The highest BCUT2D eigenvalue weighted by Crippen LogP contribution is 2.49. The number of allylic oxidation sites excluding steroid dienone is 1. The van der Waals surface area contributed by atoms with E-state index >= 15 is 0 Å². The average molecular weight is 236 g/mol. The van der Waals surface area contributed by atoms with Crippen molar-refractivity contribution in [1.29, 1.82) is 0 Å². The van der Waals surface area contributed by atoms with E-state index in [-0.39, 0.29) is 12.5 Å². The first-order valence-electron chi connectivity index (χ1n) is 5.25. The molecule has 0 radical (unpaired) electrons. The van der Waals surface area contributed by atoms with Gasteiger partial charge in [0.25, 0.3) is 0 Å². The molecule has 15 heavy (non-hydrogen) atoms. The molecule has 0 aliphatic rings. The monoisotopic (exact) mass is 236 g/mol. The van der Waals surface area contributed by atoms with Crippen LogP contribution in [-0.2, 0) is 13.6 Å². The largest absolute Gasteiger partial charge is 0.396 e. The van der Waals surface area contributed by atoms with Gasteiger partial charge in [-0.05, 0) is 26.2 Å². The van der Waals surface area contributed by atoms with Gasteiger partial charge in [-0.1, -0.05) is 13.0 Å². The summed E-state index contributed by atoms with van der Waals surface area (Å²) in [5.74, 6) is 1.64. The highest BCUT2D eigenvalue weighted by Gasteiger charge is 2.18. The Balaban J connectivity index is 4.21. The van der Waals surface area contributed by atoms with E-state index in [2.05, 4.69) is 0 Å². The Labute approximate surface area is 91.8 Å². The smallest absolute Gasteiger partial charge is 0.353 e. The second-order valence-corrected chi connectivity index (χ2v) is 5.18. The van der Waals surface area contributed by atoms with Gasteiger partial charge in [-0.3, -0.25) is 4.57 Å². The fourth-order valence-corrected chi connectivity index (χ4v) is 2.33. The molecule has 5 heteroatoms. The Hall–Kier alpha value is -0.150. The molecule has 1 unspecified atom stereocenters. The molecule has 0 saturated heterocycles. The Morgan fingerprint density at radius 3 is 2.27 bits per heavy atom. The summed E-state index contributed by atoms with van der Waals surface area (Å²) in [6.45, 7) is 6.30. The molecule has 0 amide bonds. The van der Waals surface area contributed by atoms with E-state index in [9.17, 15) is 4.57 Å². The van der Waals surface area contributed by atoms with Crippen molar-refractivity contribution in [1.82, 2.24) is 0 Å². The van der Waals surface area contributed by atoms with Crippen LogP contribution in [0.5, 0.6) is 0 Å². The Morgan fingerprint density at radius 2 is 1.87 bits per heavy atom. The summed E-state index contributed by atoms with van der Waals surface area (Å²) in [5.41, 5.74) is 0. The number of rotatable bonds is 8. The van der Waals surface area contributed by atoms with E-state index in [4.69, 9.17) is 14.2 Å². The summed E-state index contributed by atoms with van der Waals surface area (Å²) in [7, 11) is -3.05. The molecular weight excluding hydrogens is 215 g/mol. The normalized spacial score (nSPS) is 14.7. The highest BCUT2D eigenvalue weighted by atomic mass is 31.2. The molecule has 0 bridgehead atoms. The van der Waals surface area contributed by atoms with Gasteiger partial charge in [0.1, 0.15) is 0 Å². The van der Waals surface area contributed by atoms with E-state index in [1.807, 2.05) is 6.92 Å². The molecule has 0 aromatic heterocycles.